The predicted molar refractivity (Wildman–Crippen MR) is 129 cm³/mol. The van der Waals surface area contributed by atoms with Crippen LogP contribution in [0.3, 0.4) is 0 Å². The molecule has 0 spiro atoms. The van der Waals surface area contributed by atoms with Crippen LogP contribution in [-0.4, -0.2) is 55.6 Å². The Labute approximate surface area is 186 Å². The molecular formula is C22H32IN5. The Morgan fingerprint density at radius 3 is 2.32 bits per heavy atom. The van der Waals surface area contributed by atoms with E-state index in [2.05, 4.69) is 75.3 Å². The van der Waals surface area contributed by atoms with Gasteiger partial charge in [-0.3, -0.25) is 4.99 Å². The number of anilines is 1. The van der Waals surface area contributed by atoms with E-state index in [1.807, 2.05) is 25.4 Å². The van der Waals surface area contributed by atoms with E-state index in [1.54, 1.807) is 0 Å². The van der Waals surface area contributed by atoms with Crippen LogP contribution in [0.1, 0.15) is 19.4 Å². The molecule has 0 saturated carbocycles. The van der Waals surface area contributed by atoms with Crippen molar-refractivity contribution in [2.75, 3.05) is 44.7 Å². The lowest BCUT2D eigenvalue weighted by Gasteiger charge is -2.38. The zero-order valence-electron chi connectivity index (χ0n) is 17.1. The van der Waals surface area contributed by atoms with Crippen LogP contribution < -0.4 is 10.2 Å². The fourth-order valence-corrected chi connectivity index (χ4v) is 3.55. The summed E-state index contributed by atoms with van der Waals surface area (Å²) in [6.07, 6.45) is 2.91. The van der Waals surface area contributed by atoms with Gasteiger partial charge in [-0.1, -0.05) is 50.2 Å². The molecule has 2 heterocycles. The maximum atomic E-state index is 4.52. The van der Waals surface area contributed by atoms with Crippen molar-refractivity contribution in [2.45, 2.75) is 20.3 Å². The van der Waals surface area contributed by atoms with Crippen LogP contribution in [0.25, 0.3) is 0 Å². The maximum absolute atomic E-state index is 4.52. The summed E-state index contributed by atoms with van der Waals surface area (Å²) in [6, 6.07) is 16.8. The van der Waals surface area contributed by atoms with Crippen LogP contribution in [0, 0.1) is 5.41 Å². The van der Waals surface area contributed by atoms with Crippen LogP contribution in [0.4, 0.5) is 5.82 Å². The third kappa shape index (κ3) is 6.36. The molecule has 3 rings (SSSR count). The summed E-state index contributed by atoms with van der Waals surface area (Å²) >= 11 is 0. The smallest absolute Gasteiger partial charge is 0.193 e. The van der Waals surface area contributed by atoms with Crippen LogP contribution in [0.15, 0.2) is 59.7 Å². The van der Waals surface area contributed by atoms with Gasteiger partial charge >= 0.3 is 0 Å². The molecule has 0 atom stereocenters. The van der Waals surface area contributed by atoms with E-state index in [1.165, 1.54) is 5.56 Å². The number of rotatable bonds is 5. The molecule has 1 aliphatic heterocycles. The summed E-state index contributed by atoms with van der Waals surface area (Å²) in [7, 11) is 1.87. The topological polar surface area (TPSA) is 43.8 Å². The highest BCUT2D eigenvalue weighted by atomic mass is 127. The molecular weight excluding hydrogens is 461 g/mol. The first-order valence-corrected chi connectivity index (χ1v) is 9.73. The lowest BCUT2D eigenvalue weighted by atomic mass is 9.86. The Hall–Kier alpha value is -1.83. The molecule has 1 N–H and O–H groups in total. The highest BCUT2D eigenvalue weighted by Gasteiger charge is 2.23. The molecule has 152 valence electrons. The maximum Gasteiger partial charge on any atom is 0.193 e. The first-order valence-electron chi connectivity index (χ1n) is 9.73. The summed E-state index contributed by atoms with van der Waals surface area (Å²) in [4.78, 5) is 13.7. The normalized spacial score (nSPS) is 15.2. The first-order chi connectivity index (χ1) is 13.1. The third-order valence-electron chi connectivity index (χ3n) is 5.01. The molecule has 5 nitrogen and oxygen atoms in total. The number of pyridine rings is 1. The van der Waals surface area contributed by atoms with E-state index in [4.69, 9.17) is 0 Å². The van der Waals surface area contributed by atoms with Gasteiger partial charge in [0.2, 0.25) is 0 Å². The number of halogens is 1. The molecule has 2 aromatic rings. The SMILES string of the molecule is CN=C(NCC(C)(C)Cc1ccccc1)N1CCN(c2ccccn2)CC1.I. The summed E-state index contributed by atoms with van der Waals surface area (Å²) in [5.74, 6) is 2.06. The second-order valence-corrected chi connectivity index (χ2v) is 7.89. The Morgan fingerprint density at radius 2 is 1.71 bits per heavy atom. The molecule has 0 aliphatic carbocycles. The van der Waals surface area contributed by atoms with Crippen LogP contribution in [0.2, 0.25) is 0 Å². The van der Waals surface area contributed by atoms with Crippen molar-refractivity contribution in [2.24, 2.45) is 10.4 Å². The number of aliphatic imine (C=N–C) groups is 1. The molecule has 1 fully saturated rings. The number of benzene rings is 1. The molecule has 28 heavy (non-hydrogen) atoms. The van der Waals surface area contributed by atoms with Crippen molar-refractivity contribution >= 4 is 35.8 Å². The third-order valence-corrected chi connectivity index (χ3v) is 5.01. The lowest BCUT2D eigenvalue weighted by molar-refractivity contribution is 0.333. The van der Waals surface area contributed by atoms with Crippen molar-refractivity contribution in [3.8, 4) is 0 Å². The minimum atomic E-state index is 0. The summed E-state index contributed by atoms with van der Waals surface area (Å²) < 4.78 is 0. The molecule has 6 heteroatoms. The van der Waals surface area contributed by atoms with Crippen molar-refractivity contribution in [1.82, 2.24) is 15.2 Å². The van der Waals surface area contributed by atoms with Gasteiger partial charge in [0, 0.05) is 46.0 Å². The van der Waals surface area contributed by atoms with E-state index in [0.717, 1.165) is 50.9 Å². The number of guanidine groups is 1. The molecule has 0 amide bonds. The number of piperazine rings is 1. The Kier molecular flexibility index (Phi) is 8.54. The van der Waals surface area contributed by atoms with Gasteiger partial charge < -0.3 is 15.1 Å². The van der Waals surface area contributed by atoms with E-state index in [-0.39, 0.29) is 29.4 Å². The van der Waals surface area contributed by atoms with E-state index >= 15 is 0 Å². The minimum absolute atomic E-state index is 0. The molecule has 0 radical (unpaired) electrons. The fourth-order valence-electron chi connectivity index (χ4n) is 3.55. The average molecular weight is 493 g/mol. The quantitative estimate of drug-likeness (QED) is 0.392. The summed E-state index contributed by atoms with van der Waals surface area (Å²) in [5, 5.41) is 3.60. The van der Waals surface area contributed by atoms with E-state index < -0.39 is 0 Å². The van der Waals surface area contributed by atoms with Crippen LogP contribution >= 0.6 is 24.0 Å². The van der Waals surface area contributed by atoms with E-state index in [0.29, 0.717) is 0 Å². The van der Waals surface area contributed by atoms with Crippen LogP contribution in [-0.2, 0) is 6.42 Å². The first kappa shape index (κ1) is 22.5. The number of hydrogen-bond acceptors (Lipinski definition) is 3. The molecule has 1 aromatic heterocycles. The molecule has 0 unspecified atom stereocenters. The second kappa shape index (κ2) is 10.6. The molecule has 1 aromatic carbocycles. The standard InChI is InChI=1S/C22H31N5.HI/c1-22(2,17-19-9-5-4-6-10-19)18-25-21(23-3)27-15-13-26(14-16-27)20-11-7-8-12-24-20;/h4-12H,13-18H2,1-3H3,(H,23,25);1H. The van der Waals surface area contributed by atoms with Gasteiger partial charge in [-0.15, -0.1) is 24.0 Å². The van der Waals surface area contributed by atoms with Gasteiger partial charge in [0.1, 0.15) is 5.82 Å². The number of nitrogens with zero attached hydrogens (tertiary/aromatic N) is 4. The second-order valence-electron chi connectivity index (χ2n) is 7.89. The monoisotopic (exact) mass is 493 g/mol. The zero-order valence-corrected chi connectivity index (χ0v) is 19.5. The zero-order chi connectivity index (χ0) is 19.1. The van der Waals surface area contributed by atoms with Crippen molar-refractivity contribution in [3.63, 3.8) is 0 Å². The molecule has 1 aliphatic rings. The van der Waals surface area contributed by atoms with Crippen LogP contribution in [0.5, 0.6) is 0 Å². The van der Waals surface area contributed by atoms with Gasteiger partial charge in [-0.25, -0.2) is 4.98 Å². The minimum Gasteiger partial charge on any atom is -0.356 e. The summed E-state index contributed by atoms with van der Waals surface area (Å²) in [6.45, 7) is 9.34. The number of hydrogen-bond donors (Lipinski definition) is 1. The highest BCUT2D eigenvalue weighted by molar-refractivity contribution is 14.0. The van der Waals surface area contributed by atoms with Crippen molar-refractivity contribution in [1.29, 1.82) is 0 Å². The largest absolute Gasteiger partial charge is 0.356 e. The number of nitrogens with one attached hydrogen (secondary N) is 1. The van der Waals surface area contributed by atoms with Crippen molar-refractivity contribution in [3.05, 3.63) is 60.3 Å². The highest BCUT2D eigenvalue weighted by Crippen LogP contribution is 2.21. The van der Waals surface area contributed by atoms with Gasteiger partial charge in [-0.2, -0.15) is 0 Å². The lowest BCUT2D eigenvalue weighted by Crippen LogP contribution is -2.53. The molecule has 0 bridgehead atoms. The average Bonchev–Trinajstić information content (AvgIpc) is 2.70. The fraction of sp³-hybridized carbons (Fsp3) is 0.455. The predicted octanol–water partition coefficient (Wildman–Crippen LogP) is 3.67. The molecule has 1 saturated heterocycles. The summed E-state index contributed by atoms with van der Waals surface area (Å²) in [5.41, 5.74) is 1.54. The van der Waals surface area contributed by atoms with Gasteiger partial charge in [-0.05, 0) is 29.5 Å². The number of aromatic nitrogens is 1. The Balaban J connectivity index is 0.00000280. The van der Waals surface area contributed by atoms with Gasteiger partial charge in [0.15, 0.2) is 5.96 Å². The van der Waals surface area contributed by atoms with Gasteiger partial charge in [0.25, 0.3) is 0 Å². The van der Waals surface area contributed by atoms with E-state index in [9.17, 15) is 0 Å². The van der Waals surface area contributed by atoms with Crippen molar-refractivity contribution < 1.29 is 0 Å². The Bertz CT molecular complexity index is 725. The van der Waals surface area contributed by atoms with Gasteiger partial charge in [0.05, 0.1) is 0 Å². The Morgan fingerprint density at radius 1 is 1.04 bits per heavy atom.